The molecule has 3 atom stereocenters. The van der Waals surface area contributed by atoms with Crippen LogP contribution in [0.5, 0.6) is 11.5 Å². The lowest BCUT2D eigenvalue weighted by atomic mass is 9.99. The zero-order valence-electron chi connectivity index (χ0n) is 21.9. The van der Waals surface area contributed by atoms with Gasteiger partial charge >= 0.3 is 0 Å². The molecule has 3 aromatic rings. The molecule has 36 heavy (non-hydrogen) atoms. The zero-order chi connectivity index (χ0) is 25.8. The van der Waals surface area contributed by atoms with E-state index in [-0.39, 0.29) is 35.8 Å². The topological polar surface area (TPSA) is 88.5 Å². The maximum Gasteiger partial charge on any atom is 0.252 e. The molecule has 2 aromatic heterocycles. The molecule has 0 bridgehead atoms. The number of aryl methyl sites for hydroxylation is 1. The van der Waals surface area contributed by atoms with Crippen LogP contribution in [-0.4, -0.2) is 56.6 Å². The minimum Gasteiger partial charge on any atom is -0.486 e. The van der Waals surface area contributed by atoms with Gasteiger partial charge in [-0.3, -0.25) is 14.4 Å². The van der Waals surface area contributed by atoms with E-state index in [9.17, 15) is 4.79 Å². The van der Waals surface area contributed by atoms with Gasteiger partial charge in [0, 0.05) is 44.3 Å². The Morgan fingerprint density at radius 2 is 1.97 bits per heavy atom. The van der Waals surface area contributed by atoms with Crippen LogP contribution in [0.4, 0.5) is 5.69 Å². The fraction of sp³-hybridized carbons (Fsp3) is 0.519. The van der Waals surface area contributed by atoms with E-state index in [0.717, 1.165) is 41.3 Å². The van der Waals surface area contributed by atoms with Crippen molar-refractivity contribution >= 4 is 16.7 Å². The summed E-state index contributed by atoms with van der Waals surface area (Å²) in [6.07, 6.45) is 1.78. The van der Waals surface area contributed by atoms with Gasteiger partial charge in [0.15, 0.2) is 11.5 Å². The van der Waals surface area contributed by atoms with E-state index in [1.807, 2.05) is 19.9 Å². The van der Waals surface area contributed by atoms with E-state index < -0.39 is 0 Å². The Bertz CT molecular complexity index is 1400. The summed E-state index contributed by atoms with van der Waals surface area (Å²) in [5, 5.41) is 13.8. The molecule has 9 nitrogen and oxygen atoms in total. The number of hydrogen-bond acceptors (Lipinski definition) is 7. The molecule has 1 aromatic carbocycles. The Hall–Kier alpha value is -3.51. The van der Waals surface area contributed by atoms with Crippen molar-refractivity contribution < 1.29 is 9.47 Å². The van der Waals surface area contributed by atoms with E-state index in [1.165, 1.54) is 5.56 Å². The highest BCUT2D eigenvalue weighted by atomic mass is 16.6. The molecule has 2 aliphatic rings. The lowest BCUT2D eigenvalue weighted by Gasteiger charge is -2.47. The van der Waals surface area contributed by atoms with Gasteiger partial charge in [-0.15, -0.1) is 0 Å². The second-order valence-electron chi connectivity index (χ2n) is 10.7. The third kappa shape index (κ3) is 4.20. The first-order chi connectivity index (χ1) is 17.1. The van der Waals surface area contributed by atoms with E-state index in [2.05, 4.69) is 53.9 Å². The smallest absolute Gasteiger partial charge is 0.252 e. The Balaban J connectivity index is 1.42. The lowest BCUT2D eigenvalue weighted by Crippen LogP contribution is -2.57. The van der Waals surface area contributed by atoms with E-state index in [0.29, 0.717) is 6.61 Å². The molecule has 0 saturated carbocycles. The zero-order valence-corrected chi connectivity index (χ0v) is 21.9. The lowest BCUT2D eigenvalue weighted by molar-refractivity contribution is 0.0209. The van der Waals surface area contributed by atoms with E-state index in [4.69, 9.17) is 14.7 Å². The average Bonchev–Trinajstić information content (AvgIpc) is 3.25. The fourth-order valence-corrected chi connectivity index (χ4v) is 5.39. The van der Waals surface area contributed by atoms with Gasteiger partial charge in [0.05, 0.1) is 23.5 Å². The number of piperazine rings is 1. The molecular formula is C27H34N6O3. The minimum atomic E-state index is -0.347. The summed E-state index contributed by atoms with van der Waals surface area (Å²) in [6.45, 7) is 13.0. The highest BCUT2D eigenvalue weighted by molar-refractivity contribution is 5.88. The maximum atomic E-state index is 12.8. The van der Waals surface area contributed by atoms with Crippen molar-refractivity contribution in [3.8, 4) is 17.6 Å². The number of hydrogen-bond donors (Lipinski definition) is 0. The molecule has 0 N–H and O–H groups in total. The number of aromatic nitrogens is 3. The second-order valence-corrected chi connectivity index (χ2v) is 10.7. The van der Waals surface area contributed by atoms with Gasteiger partial charge in [0.2, 0.25) is 0 Å². The molecule has 0 aliphatic carbocycles. The number of anilines is 1. The van der Waals surface area contributed by atoms with Crippen LogP contribution in [0.2, 0.25) is 0 Å². The molecule has 1 saturated heterocycles. The standard InChI is InChI=1S/C27H34N6O3/c1-17-14-33(21-12-25(34)30(6)22-15-31(10-9-28)29-26(21)22)18(2)13-32(17)19(3)20-7-8-23-24(11-20)36-27(4,5)16-35-23/h7-8,11-12,15,17-19H,10,13-14,16H2,1-6H3/t17-,18-,19-/m0/s1. The summed E-state index contributed by atoms with van der Waals surface area (Å²) in [5.41, 5.74) is 3.08. The molecule has 0 spiro atoms. The molecule has 190 valence electrons. The van der Waals surface area contributed by atoms with Crippen LogP contribution in [0, 0.1) is 11.3 Å². The minimum absolute atomic E-state index is 0.0798. The van der Waals surface area contributed by atoms with Crippen molar-refractivity contribution in [3.05, 3.63) is 46.4 Å². The van der Waals surface area contributed by atoms with Crippen LogP contribution in [0.25, 0.3) is 11.0 Å². The van der Waals surface area contributed by atoms with Gasteiger partial charge in [0.25, 0.3) is 5.56 Å². The predicted octanol–water partition coefficient (Wildman–Crippen LogP) is 3.47. The van der Waals surface area contributed by atoms with Crippen molar-refractivity contribution in [2.45, 2.75) is 64.9 Å². The van der Waals surface area contributed by atoms with E-state index >= 15 is 0 Å². The largest absolute Gasteiger partial charge is 0.486 e. The van der Waals surface area contributed by atoms with Gasteiger partial charge in [0.1, 0.15) is 24.3 Å². The number of pyridine rings is 1. The van der Waals surface area contributed by atoms with E-state index in [1.54, 1.807) is 28.6 Å². The highest BCUT2D eigenvalue weighted by Crippen LogP contribution is 2.39. The molecular weight excluding hydrogens is 456 g/mol. The van der Waals surface area contributed by atoms with Gasteiger partial charge in [-0.1, -0.05) is 6.07 Å². The first-order valence-corrected chi connectivity index (χ1v) is 12.5. The number of fused-ring (bicyclic) bond motifs is 2. The van der Waals surface area contributed by atoms with Crippen molar-refractivity contribution in [1.82, 2.24) is 19.2 Å². The summed E-state index contributed by atoms with van der Waals surface area (Å²) in [7, 11) is 1.74. The van der Waals surface area contributed by atoms with Crippen LogP contribution in [0.15, 0.2) is 35.3 Å². The molecule has 2 aliphatic heterocycles. The van der Waals surface area contributed by atoms with Crippen molar-refractivity contribution in [3.63, 3.8) is 0 Å². The van der Waals surface area contributed by atoms with Crippen LogP contribution >= 0.6 is 0 Å². The molecule has 4 heterocycles. The highest BCUT2D eigenvalue weighted by Gasteiger charge is 2.35. The number of benzene rings is 1. The van der Waals surface area contributed by atoms with Gasteiger partial charge in [-0.05, 0) is 52.3 Å². The number of nitriles is 1. The summed E-state index contributed by atoms with van der Waals surface area (Å²) in [5.74, 6) is 1.59. The second kappa shape index (κ2) is 8.86. The molecule has 0 radical (unpaired) electrons. The van der Waals surface area contributed by atoms with Crippen molar-refractivity contribution in [2.24, 2.45) is 7.05 Å². The SMILES string of the molecule is C[C@H]1CN([C@@H](C)c2ccc3c(c2)OC(C)(C)CO3)[C@@H](C)CN1c1cc(=O)n(C)c2cn(CC#N)nc12. The van der Waals surface area contributed by atoms with Gasteiger partial charge < -0.3 is 18.9 Å². The third-order valence-corrected chi connectivity index (χ3v) is 7.42. The normalized spacial score (nSPS) is 22.4. The molecule has 9 heteroatoms. The van der Waals surface area contributed by atoms with Gasteiger partial charge in [-0.25, -0.2) is 0 Å². The number of rotatable bonds is 4. The Kier molecular flexibility index (Phi) is 5.95. The van der Waals surface area contributed by atoms with Crippen LogP contribution in [0.3, 0.4) is 0 Å². The first kappa shape index (κ1) is 24.2. The first-order valence-electron chi connectivity index (χ1n) is 12.5. The average molecular weight is 491 g/mol. The quantitative estimate of drug-likeness (QED) is 0.553. The van der Waals surface area contributed by atoms with Crippen LogP contribution in [0.1, 0.15) is 46.2 Å². The molecule has 5 rings (SSSR count). The monoisotopic (exact) mass is 490 g/mol. The van der Waals surface area contributed by atoms with Crippen molar-refractivity contribution in [2.75, 3.05) is 24.6 Å². The van der Waals surface area contributed by atoms with Crippen LogP contribution in [-0.2, 0) is 13.6 Å². The predicted molar refractivity (Wildman–Crippen MR) is 139 cm³/mol. The maximum absolute atomic E-state index is 12.8. The summed E-state index contributed by atoms with van der Waals surface area (Å²) >= 11 is 0. The van der Waals surface area contributed by atoms with Crippen LogP contribution < -0.4 is 19.9 Å². The molecule has 1 fully saturated rings. The van der Waals surface area contributed by atoms with Gasteiger partial charge in [-0.2, -0.15) is 10.4 Å². The summed E-state index contributed by atoms with van der Waals surface area (Å²) in [6, 6.07) is 10.6. The molecule has 0 amide bonds. The summed E-state index contributed by atoms with van der Waals surface area (Å²) in [4.78, 5) is 17.6. The Morgan fingerprint density at radius 1 is 1.19 bits per heavy atom. The Morgan fingerprint density at radius 3 is 2.72 bits per heavy atom. The third-order valence-electron chi connectivity index (χ3n) is 7.42. The number of nitrogens with zero attached hydrogens (tertiary/aromatic N) is 6. The molecule has 0 unspecified atom stereocenters. The Labute approximate surface area is 211 Å². The number of ether oxygens (including phenoxy) is 2. The van der Waals surface area contributed by atoms with Crippen molar-refractivity contribution in [1.29, 1.82) is 5.26 Å². The fourth-order valence-electron chi connectivity index (χ4n) is 5.39. The summed E-state index contributed by atoms with van der Waals surface area (Å²) < 4.78 is 15.3.